The van der Waals surface area contributed by atoms with Gasteiger partial charge in [0.15, 0.2) is 11.8 Å². The van der Waals surface area contributed by atoms with Crippen LogP contribution in [0, 0.1) is 6.42 Å². The summed E-state index contributed by atoms with van der Waals surface area (Å²) < 4.78 is 0. The Hall–Kier alpha value is -1.36. The number of hydrogen-bond acceptors (Lipinski definition) is 3. The summed E-state index contributed by atoms with van der Waals surface area (Å²) in [6, 6.07) is 0. The molecule has 12 heavy (non-hydrogen) atoms. The highest BCUT2D eigenvalue weighted by Crippen LogP contribution is 2.17. The maximum Gasteiger partial charge on any atom is 0.192 e. The van der Waals surface area contributed by atoms with Gasteiger partial charge in [0.25, 0.3) is 0 Å². The van der Waals surface area contributed by atoms with Crippen molar-refractivity contribution in [2.45, 2.75) is 0 Å². The van der Waals surface area contributed by atoms with Crippen molar-refractivity contribution in [3.8, 4) is 0 Å². The Morgan fingerprint density at radius 1 is 1.67 bits per heavy atom. The van der Waals surface area contributed by atoms with Gasteiger partial charge in [-0.15, -0.1) is 17.9 Å². The number of aliphatic imine (C=N–C) groups is 1. The molecular formula is C7H9N4S. The van der Waals surface area contributed by atoms with Crippen LogP contribution < -0.4 is 11.5 Å². The van der Waals surface area contributed by atoms with E-state index in [1.807, 2.05) is 0 Å². The third-order valence-electron chi connectivity index (χ3n) is 1.01. The molecule has 0 saturated carbocycles. The van der Waals surface area contributed by atoms with Crippen LogP contribution in [0.25, 0.3) is 0 Å². The first-order chi connectivity index (χ1) is 5.72. The molecule has 0 aliphatic heterocycles. The van der Waals surface area contributed by atoms with E-state index in [-0.39, 0.29) is 5.96 Å². The normalized spacial score (nSPS) is 9.33. The van der Waals surface area contributed by atoms with Crippen LogP contribution in [0.5, 0.6) is 0 Å². The molecule has 5 heteroatoms. The lowest BCUT2D eigenvalue weighted by molar-refractivity contribution is 1.27. The van der Waals surface area contributed by atoms with Gasteiger partial charge in [0, 0.05) is 11.8 Å². The van der Waals surface area contributed by atoms with Crippen LogP contribution in [0.4, 0.5) is 5.82 Å². The second kappa shape index (κ2) is 3.87. The Balaban J connectivity index is 2.77. The number of aromatic nitrogens is 1. The van der Waals surface area contributed by atoms with Gasteiger partial charge >= 0.3 is 0 Å². The lowest BCUT2D eigenvalue weighted by atomic mass is 10.4. The van der Waals surface area contributed by atoms with Crippen molar-refractivity contribution in [1.29, 1.82) is 0 Å². The number of nitrogens with zero attached hydrogens (tertiary/aromatic N) is 2. The van der Waals surface area contributed by atoms with Crippen LogP contribution in [-0.2, 0) is 0 Å². The fourth-order valence-electron chi connectivity index (χ4n) is 0.640. The molecule has 1 rings (SSSR count). The van der Waals surface area contributed by atoms with Gasteiger partial charge in [-0.2, -0.15) is 4.99 Å². The molecule has 4 nitrogen and oxygen atoms in total. The molecule has 63 valence electrons. The van der Waals surface area contributed by atoms with E-state index in [2.05, 4.69) is 16.6 Å². The number of guanidine groups is 1. The lowest BCUT2D eigenvalue weighted by Gasteiger charge is -1.86. The molecule has 1 aromatic rings. The summed E-state index contributed by atoms with van der Waals surface area (Å²) in [6.07, 6.45) is 3.45. The summed E-state index contributed by atoms with van der Waals surface area (Å²) in [4.78, 5) is 7.86. The first-order valence-corrected chi connectivity index (χ1v) is 4.11. The van der Waals surface area contributed by atoms with Crippen LogP contribution >= 0.6 is 11.3 Å². The molecule has 4 N–H and O–H groups in total. The maximum atomic E-state index is 5.17. The average molecular weight is 181 g/mol. The van der Waals surface area contributed by atoms with Crippen molar-refractivity contribution in [2.75, 3.05) is 0 Å². The molecule has 0 amide bonds. The van der Waals surface area contributed by atoms with E-state index < -0.39 is 0 Å². The summed E-state index contributed by atoms with van der Waals surface area (Å²) in [5, 5.41) is 2.61. The zero-order chi connectivity index (χ0) is 8.97. The highest BCUT2D eigenvalue weighted by Gasteiger charge is 1.98. The molecule has 0 bridgehead atoms. The fraction of sp³-hybridized carbons (Fsp3) is 0. The highest BCUT2D eigenvalue weighted by molar-refractivity contribution is 7.10. The highest BCUT2D eigenvalue weighted by atomic mass is 32.1. The molecule has 0 aliphatic rings. The third kappa shape index (κ3) is 2.35. The molecule has 0 unspecified atom stereocenters. The van der Waals surface area contributed by atoms with E-state index in [1.54, 1.807) is 17.9 Å². The molecule has 1 aromatic heterocycles. The van der Waals surface area contributed by atoms with Crippen LogP contribution in [0.1, 0.15) is 5.01 Å². The number of nitrogens with two attached hydrogens (primary N) is 2. The molecule has 0 aliphatic carbocycles. The quantitative estimate of drug-likeness (QED) is 0.534. The molecule has 0 atom stereocenters. The Bertz CT molecular complexity index is 298. The van der Waals surface area contributed by atoms with Gasteiger partial charge in [0.2, 0.25) is 0 Å². The summed E-state index contributed by atoms with van der Waals surface area (Å²) in [7, 11) is 0. The van der Waals surface area contributed by atoms with Gasteiger partial charge in [-0.3, -0.25) is 0 Å². The van der Waals surface area contributed by atoms with Crippen molar-refractivity contribution < 1.29 is 0 Å². The third-order valence-corrected chi connectivity index (χ3v) is 1.81. The van der Waals surface area contributed by atoms with Gasteiger partial charge in [-0.05, 0) is 0 Å². The molecular weight excluding hydrogens is 172 g/mol. The van der Waals surface area contributed by atoms with Gasteiger partial charge in [-0.25, -0.2) is 4.98 Å². The average Bonchev–Trinajstić information content (AvgIpc) is 2.36. The molecule has 0 aromatic carbocycles. The van der Waals surface area contributed by atoms with E-state index in [0.717, 1.165) is 5.01 Å². The van der Waals surface area contributed by atoms with E-state index >= 15 is 0 Å². The summed E-state index contributed by atoms with van der Waals surface area (Å²) in [6.45, 7) is 3.55. The zero-order valence-electron chi connectivity index (χ0n) is 6.40. The smallest absolute Gasteiger partial charge is 0.192 e. The second-order valence-corrected chi connectivity index (χ2v) is 2.87. The Morgan fingerprint density at radius 2 is 2.42 bits per heavy atom. The Morgan fingerprint density at radius 3 is 3.00 bits per heavy atom. The van der Waals surface area contributed by atoms with Crippen LogP contribution in [0.15, 0.2) is 23.0 Å². The first kappa shape index (κ1) is 8.73. The minimum absolute atomic E-state index is 0.0189. The van der Waals surface area contributed by atoms with Gasteiger partial charge < -0.3 is 11.5 Å². The Labute approximate surface area is 74.6 Å². The zero-order valence-corrected chi connectivity index (χ0v) is 7.21. The van der Waals surface area contributed by atoms with Crippen molar-refractivity contribution in [3.05, 3.63) is 29.5 Å². The summed E-state index contributed by atoms with van der Waals surface area (Å²) >= 11 is 1.46. The molecule has 0 fully saturated rings. The second-order valence-electron chi connectivity index (χ2n) is 1.98. The van der Waals surface area contributed by atoms with Crippen LogP contribution in [0.3, 0.4) is 0 Å². The molecule has 1 heterocycles. The Kier molecular flexibility index (Phi) is 2.82. The predicted octanol–water partition coefficient (Wildman–Crippen LogP) is 0.786. The number of hydrogen-bond donors (Lipinski definition) is 2. The summed E-state index contributed by atoms with van der Waals surface area (Å²) in [5.74, 6) is 0.554. The molecule has 1 radical (unpaired) electrons. The molecule has 0 saturated heterocycles. The molecule has 0 spiro atoms. The first-order valence-electron chi connectivity index (χ1n) is 3.23. The topological polar surface area (TPSA) is 77.3 Å². The van der Waals surface area contributed by atoms with Crippen molar-refractivity contribution in [1.82, 2.24) is 4.98 Å². The van der Waals surface area contributed by atoms with E-state index in [0.29, 0.717) is 5.82 Å². The predicted molar refractivity (Wildman–Crippen MR) is 51.2 cm³/mol. The minimum Gasteiger partial charge on any atom is -0.370 e. The van der Waals surface area contributed by atoms with Gasteiger partial charge in [0.05, 0.1) is 0 Å². The van der Waals surface area contributed by atoms with E-state index in [9.17, 15) is 0 Å². The van der Waals surface area contributed by atoms with Crippen molar-refractivity contribution in [3.63, 3.8) is 0 Å². The van der Waals surface area contributed by atoms with Crippen LogP contribution in [-0.4, -0.2) is 10.9 Å². The fourth-order valence-corrected chi connectivity index (χ4v) is 1.29. The number of allylic oxidation sites excluding steroid dienone is 1. The van der Waals surface area contributed by atoms with E-state index in [1.165, 1.54) is 11.3 Å². The van der Waals surface area contributed by atoms with Gasteiger partial charge in [0.1, 0.15) is 5.01 Å². The monoisotopic (exact) mass is 181 g/mol. The maximum absolute atomic E-state index is 5.17. The van der Waals surface area contributed by atoms with Crippen molar-refractivity contribution >= 4 is 23.1 Å². The lowest BCUT2D eigenvalue weighted by Crippen LogP contribution is -2.21. The minimum atomic E-state index is 0.0189. The standard InChI is InChI=1S/C7H9N4S/c1-2-3-6-10-5(4-12-6)11-7(8)9/h2-4H,1H2,(H4,8,9,11). The number of thiazole rings is 1. The van der Waals surface area contributed by atoms with Crippen LogP contribution in [0.2, 0.25) is 0 Å². The van der Waals surface area contributed by atoms with Crippen molar-refractivity contribution in [2.24, 2.45) is 16.5 Å². The largest absolute Gasteiger partial charge is 0.370 e. The van der Waals surface area contributed by atoms with E-state index in [4.69, 9.17) is 11.5 Å². The SMILES string of the molecule is C=C[CH]c1nc(N=C(N)N)cs1. The van der Waals surface area contributed by atoms with Gasteiger partial charge in [-0.1, -0.05) is 6.08 Å². The summed E-state index contributed by atoms with van der Waals surface area (Å²) in [5.41, 5.74) is 10.3. The number of rotatable bonds is 3.